The lowest BCUT2D eigenvalue weighted by atomic mass is 10.0. The van der Waals surface area contributed by atoms with E-state index in [9.17, 15) is 0 Å². The zero-order valence-electron chi connectivity index (χ0n) is 15.0. The van der Waals surface area contributed by atoms with E-state index in [2.05, 4.69) is 27.2 Å². The predicted octanol–water partition coefficient (Wildman–Crippen LogP) is 3.84. The monoisotopic (exact) mass is 363 g/mol. The first-order chi connectivity index (χ1) is 13.4. The van der Waals surface area contributed by atoms with Crippen molar-refractivity contribution in [2.45, 2.75) is 25.4 Å². The van der Waals surface area contributed by atoms with E-state index in [1.807, 2.05) is 36.4 Å². The zero-order valence-corrected chi connectivity index (χ0v) is 15.0. The molecule has 1 fully saturated rings. The maximum Gasteiger partial charge on any atom is 0.241 e. The van der Waals surface area contributed by atoms with Crippen molar-refractivity contribution in [3.05, 3.63) is 60.0 Å². The Morgan fingerprint density at radius 1 is 1.00 bits per heavy atom. The number of rotatable bonds is 4. The Balaban J connectivity index is 1.34. The van der Waals surface area contributed by atoms with Gasteiger partial charge in [0, 0.05) is 11.6 Å². The topological polar surface area (TPSA) is 60.6 Å². The number of hydrogen-bond acceptors (Lipinski definition) is 6. The van der Waals surface area contributed by atoms with Gasteiger partial charge in [-0.05, 0) is 37.1 Å². The number of hydrogen-bond donors (Lipinski definition) is 0. The maximum absolute atomic E-state index is 5.75. The van der Waals surface area contributed by atoms with Crippen LogP contribution in [0, 0.1) is 0 Å². The summed E-state index contributed by atoms with van der Waals surface area (Å²) in [6.07, 6.45) is 2.26. The lowest BCUT2D eigenvalue weighted by Gasteiger charge is -2.25. The molecule has 1 unspecified atom stereocenters. The summed E-state index contributed by atoms with van der Waals surface area (Å²) in [6, 6.07) is 16.5. The minimum atomic E-state index is 0.327. The second-order valence-corrected chi connectivity index (χ2v) is 6.91. The fourth-order valence-electron chi connectivity index (χ4n) is 3.86. The van der Waals surface area contributed by atoms with Gasteiger partial charge in [-0.2, -0.15) is 4.98 Å². The lowest BCUT2D eigenvalue weighted by Crippen LogP contribution is -2.23. The van der Waals surface area contributed by atoms with Crippen molar-refractivity contribution in [1.29, 1.82) is 0 Å². The van der Waals surface area contributed by atoms with Gasteiger partial charge in [0.15, 0.2) is 11.5 Å². The van der Waals surface area contributed by atoms with Crippen LogP contribution in [0.5, 0.6) is 11.5 Å². The average molecular weight is 363 g/mol. The summed E-state index contributed by atoms with van der Waals surface area (Å²) < 4.78 is 16.9. The molecule has 3 heterocycles. The lowest BCUT2D eigenvalue weighted by molar-refractivity contribution is 0.170. The van der Waals surface area contributed by atoms with Gasteiger partial charge in [0.05, 0.1) is 6.54 Å². The van der Waals surface area contributed by atoms with Crippen molar-refractivity contribution in [1.82, 2.24) is 15.0 Å². The second-order valence-electron chi connectivity index (χ2n) is 6.91. The van der Waals surface area contributed by atoms with Crippen LogP contribution >= 0.6 is 0 Å². The molecule has 138 valence electrons. The molecule has 0 amide bonds. The van der Waals surface area contributed by atoms with Crippen LogP contribution in [0.25, 0.3) is 11.4 Å². The zero-order chi connectivity index (χ0) is 18.1. The molecule has 0 bridgehead atoms. The average Bonchev–Trinajstić information content (AvgIpc) is 3.38. The maximum atomic E-state index is 5.75. The van der Waals surface area contributed by atoms with E-state index < -0.39 is 0 Å². The Kier molecular flexibility index (Phi) is 4.26. The van der Waals surface area contributed by atoms with Crippen LogP contribution in [-0.2, 0) is 6.54 Å². The van der Waals surface area contributed by atoms with E-state index >= 15 is 0 Å². The number of fused-ring (bicyclic) bond motifs is 1. The molecule has 2 aliphatic heterocycles. The van der Waals surface area contributed by atoms with Gasteiger partial charge >= 0.3 is 0 Å². The number of benzene rings is 2. The van der Waals surface area contributed by atoms with Crippen LogP contribution in [0.1, 0.15) is 30.3 Å². The Morgan fingerprint density at radius 3 is 2.74 bits per heavy atom. The van der Waals surface area contributed by atoms with Crippen molar-refractivity contribution < 1.29 is 14.0 Å². The third-order valence-corrected chi connectivity index (χ3v) is 5.15. The minimum absolute atomic E-state index is 0.327. The molecule has 6 heteroatoms. The van der Waals surface area contributed by atoms with E-state index in [1.165, 1.54) is 5.56 Å². The summed E-state index contributed by atoms with van der Waals surface area (Å²) in [4.78, 5) is 6.97. The van der Waals surface area contributed by atoms with Crippen LogP contribution in [0.15, 0.2) is 53.1 Å². The van der Waals surface area contributed by atoms with Gasteiger partial charge in [0.25, 0.3) is 0 Å². The predicted molar refractivity (Wildman–Crippen MR) is 99.6 cm³/mol. The van der Waals surface area contributed by atoms with Crippen LogP contribution in [0.2, 0.25) is 0 Å². The largest absolute Gasteiger partial charge is 0.486 e. The summed E-state index contributed by atoms with van der Waals surface area (Å²) in [5.41, 5.74) is 2.22. The Labute approximate surface area is 157 Å². The van der Waals surface area contributed by atoms with Crippen molar-refractivity contribution >= 4 is 0 Å². The Bertz CT molecular complexity index is 925. The van der Waals surface area contributed by atoms with Crippen molar-refractivity contribution in [3.63, 3.8) is 0 Å². The first kappa shape index (κ1) is 16.3. The fraction of sp³-hybridized carbons (Fsp3) is 0.333. The van der Waals surface area contributed by atoms with Crippen LogP contribution in [0.4, 0.5) is 0 Å². The first-order valence-electron chi connectivity index (χ1n) is 9.38. The van der Waals surface area contributed by atoms with E-state index in [0.29, 0.717) is 37.5 Å². The molecule has 1 saturated heterocycles. The minimum Gasteiger partial charge on any atom is -0.486 e. The summed E-state index contributed by atoms with van der Waals surface area (Å²) >= 11 is 0. The third kappa shape index (κ3) is 3.28. The number of likely N-dealkylation sites (tertiary alicyclic amines) is 1. The second kappa shape index (κ2) is 7.04. The molecule has 1 aromatic heterocycles. The van der Waals surface area contributed by atoms with Crippen molar-refractivity contribution in [3.8, 4) is 22.9 Å². The molecule has 2 aliphatic rings. The smallest absolute Gasteiger partial charge is 0.241 e. The Morgan fingerprint density at radius 2 is 1.85 bits per heavy atom. The van der Waals surface area contributed by atoms with E-state index in [1.54, 1.807) is 0 Å². The standard InChI is InChI=1S/C21H21N3O3/c1-2-5-15(6-3-1)21-22-20(27-23-21)14-24-10-4-7-17(24)16-8-9-18-19(13-16)26-12-11-25-18/h1-3,5-6,8-9,13,17H,4,7,10-12,14H2. The normalized spacial score (nSPS) is 19.3. The fourth-order valence-corrected chi connectivity index (χ4v) is 3.86. The van der Waals surface area contributed by atoms with E-state index in [0.717, 1.165) is 36.4 Å². The van der Waals surface area contributed by atoms with Gasteiger partial charge < -0.3 is 14.0 Å². The van der Waals surface area contributed by atoms with E-state index in [-0.39, 0.29) is 0 Å². The molecule has 0 N–H and O–H groups in total. The van der Waals surface area contributed by atoms with Gasteiger partial charge in [-0.25, -0.2) is 0 Å². The molecule has 2 aromatic carbocycles. The molecule has 3 aromatic rings. The van der Waals surface area contributed by atoms with Gasteiger partial charge in [-0.1, -0.05) is 41.6 Å². The Hall–Kier alpha value is -2.86. The highest BCUT2D eigenvalue weighted by molar-refractivity contribution is 5.53. The molecule has 0 aliphatic carbocycles. The highest BCUT2D eigenvalue weighted by atomic mass is 16.6. The van der Waals surface area contributed by atoms with Gasteiger partial charge in [0.2, 0.25) is 11.7 Å². The third-order valence-electron chi connectivity index (χ3n) is 5.15. The van der Waals surface area contributed by atoms with Gasteiger partial charge in [-0.15, -0.1) is 0 Å². The quantitative estimate of drug-likeness (QED) is 0.702. The molecule has 27 heavy (non-hydrogen) atoms. The molecular weight excluding hydrogens is 342 g/mol. The molecule has 0 radical (unpaired) electrons. The van der Waals surface area contributed by atoms with Crippen LogP contribution in [-0.4, -0.2) is 34.8 Å². The molecular formula is C21H21N3O3. The van der Waals surface area contributed by atoms with Gasteiger partial charge in [0.1, 0.15) is 13.2 Å². The first-order valence-corrected chi connectivity index (χ1v) is 9.38. The van der Waals surface area contributed by atoms with Crippen molar-refractivity contribution in [2.75, 3.05) is 19.8 Å². The van der Waals surface area contributed by atoms with E-state index in [4.69, 9.17) is 14.0 Å². The summed E-state index contributed by atoms with van der Waals surface area (Å²) in [5.74, 6) is 2.97. The van der Waals surface area contributed by atoms with Crippen LogP contribution < -0.4 is 9.47 Å². The van der Waals surface area contributed by atoms with Crippen molar-refractivity contribution in [2.24, 2.45) is 0 Å². The molecule has 0 saturated carbocycles. The number of aromatic nitrogens is 2. The molecule has 6 nitrogen and oxygen atoms in total. The number of ether oxygens (including phenoxy) is 2. The molecule has 0 spiro atoms. The molecule has 1 atom stereocenters. The van der Waals surface area contributed by atoms with Crippen LogP contribution in [0.3, 0.4) is 0 Å². The number of nitrogens with zero attached hydrogens (tertiary/aromatic N) is 3. The summed E-state index contributed by atoms with van der Waals surface area (Å²) in [5, 5.41) is 4.13. The van der Waals surface area contributed by atoms with Gasteiger partial charge in [-0.3, -0.25) is 4.90 Å². The SMILES string of the molecule is c1ccc(-c2noc(CN3CCCC3c3ccc4c(c3)OCCO4)n2)cc1. The summed E-state index contributed by atoms with van der Waals surface area (Å²) in [6.45, 7) is 2.89. The summed E-state index contributed by atoms with van der Waals surface area (Å²) in [7, 11) is 0. The highest BCUT2D eigenvalue weighted by Crippen LogP contribution is 2.38. The molecule has 5 rings (SSSR count). The highest BCUT2D eigenvalue weighted by Gasteiger charge is 2.28.